The molecule has 0 bridgehead atoms. The molecule has 0 aromatic heterocycles. The third-order valence-electron chi connectivity index (χ3n) is 4.48. The predicted octanol–water partition coefficient (Wildman–Crippen LogP) is 2.69. The zero-order valence-corrected chi connectivity index (χ0v) is 12.2. The van der Waals surface area contributed by atoms with Crippen molar-refractivity contribution >= 4 is 23.1 Å². The molecule has 0 aliphatic carbocycles. The lowest BCUT2D eigenvalue weighted by Gasteiger charge is -2.27. The maximum Gasteiger partial charge on any atom is 0.296 e. The molecule has 1 fully saturated rings. The van der Waals surface area contributed by atoms with Gasteiger partial charge in [-0.05, 0) is 36.0 Å². The Bertz CT molecular complexity index is 587. The molecule has 106 valence electrons. The fourth-order valence-electron chi connectivity index (χ4n) is 3.03. The van der Waals surface area contributed by atoms with E-state index in [0.717, 1.165) is 18.8 Å². The van der Waals surface area contributed by atoms with Gasteiger partial charge in [-0.3, -0.25) is 9.59 Å². The molecular weight excluding hydrogens is 252 g/mol. The van der Waals surface area contributed by atoms with Crippen LogP contribution >= 0.6 is 0 Å². The zero-order chi connectivity index (χ0) is 14.5. The minimum Gasteiger partial charge on any atom is -0.371 e. The zero-order valence-electron chi connectivity index (χ0n) is 12.2. The summed E-state index contributed by atoms with van der Waals surface area (Å²) in [5.41, 5.74) is 2.54. The van der Waals surface area contributed by atoms with Crippen LogP contribution in [-0.4, -0.2) is 24.8 Å². The van der Waals surface area contributed by atoms with Crippen LogP contribution in [0.25, 0.3) is 0 Å². The number of benzene rings is 1. The van der Waals surface area contributed by atoms with E-state index in [4.69, 9.17) is 0 Å². The van der Waals surface area contributed by atoms with Crippen molar-refractivity contribution in [3.05, 3.63) is 23.8 Å². The summed E-state index contributed by atoms with van der Waals surface area (Å²) < 4.78 is 0. The van der Waals surface area contributed by atoms with E-state index in [-0.39, 0.29) is 0 Å². The SMILES string of the molecule is CC(C)(C)C1CCN(c2ccc3c(c2)NC(=O)C3=O)C1. The first-order chi connectivity index (χ1) is 9.36. The molecule has 4 heteroatoms. The highest BCUT2D eigenvalue weighted by Crippen LogP contribution is 2.37. The average Bonchev–Trinajstić information content (AvgIpc) is 2.95. The van der Waals surface area contributed by atoms with Crippen LogP contribution in [0.4, 0.5) is 11.4 Å². The highest BCUT2D eigenvalue weighted by Gasteiger charge is 2.33. The lowest BCUT2D eigenvalue weighted by atomic mass is 9.80. The summed E-state index contributed by atoms with van der Waals surface area (Å²) in [4.78, 5) is 25.3. The van der Waals surface area contributed by atoms with E-state index in [1.165, 1.54) is 6.42 Å². The van der Waals surface area contributed by atoms with Gasteiger partial charge in [-0.1, -0.05) is 20.8 Å². The Balaban J connectivity index is 1.82. The van der Waals surface area contributed by atoms with Crippen molar-refractivity contribution in [3.63, 3.8) is 0 Å². The highest BCUT2D eigenvalue weighted by molar-refractivity contribution is 6.51. The molecule has 1 aromatic rings. The largest absolute Gasteiger partial charge is 0.371 e. The Morgan fingerprint density at radius 1 is 1.25 bits per heavy atom. The second-order valence-corrected chi connectivity index (χ2v) is 6.81. The van der Waals surface area contributed by atoms with Gasteiger partial charge in [-0.25, -0.2) is 0 Å². The number of anilines is 2. The lowest BCUT2D eigenvalue weighted by molar-refractivity contribution is -0.112. The van der Waals surface area contributed by atoms with E-state index in [9.17, 15) is 9.59 Å². The van der Waals surface area contributed by atoms with Gasteiger partial charge in [-0.2, -0.15) is 0 Å². The Morgan fingerprint density at radius 3 is 2.65 bits per heavy atom. The minimum atomic E-state index is -0.522. The third kappa shape index (κ3) is 2.09. The Kier molecular flexibility index (Phi) is 2.85. The molecule has 4 nitrogen and oxygen atoms in total. The Hall–Kier alpha value is -1.84. The van der Waals surface area contributed by atoms with Gasteiger partial charge in [0.25, 0.3) is 11.7 Å². The number of amides is 1. The smallest absolute Gasteiger partial charge is 0.296 e. The van der Waals surface area contributed by atoms with Gasteiger partial charge >= 0.3 is 0 Å². The molecule has 1 N–H and O–H groups in total. The lowest BCUT2D eigenvalue weighted by Crippen LogP contribution is -2.25. The summed E-state index contributed by atoms with van der Waals surface area (Å²) in [6, 6.07) is 5.63. The molecule has 2 aliphatic heterocycles. The molecule has 0 saturated carbocycles. The van der Waals surface area contributed by atoms with Crippen molar-refractivity contribution in [2.45, 2.75) is 27.2 Å². The van der Waals surface area contributed by atoms with E-state index < -0.39 is 11.7 Å². The molecule has 2 aliphatic rings. The van der Waals surface area contributed by atoms with Crippen molar-refractivity contribution in [2.24, 2.45) is 11.3 Å². The molecule has 2 heterocycles. The minimum absolute atomic E-state index is 0.315. The number of nitrogens with one attached hydrogen (secondary N) is 1. The second-order valence-electron chi connectivity index (χ2n) is 6.81. The number of ketones is 1. The molecule has 1 saturated heterocycles. The van der Waals surface area contributed by atoms with Crippen molar-refractivity contribution in [2.75, 3.05) is 23.3 Å². The third-order valence-corrected chi connectivity index (χ3v) is 4.48. The Morgan fingerprint density at radius 2 is 2.00 bits per heavy atom. The molecule has 20 heavy (non-hydrogen) atoms. The number of carbonyl (C=O) groups is 2. The van der Waals surface area contributed by atoms with Crippen LogP contribution in [0.1, 0.15) is 37.6 Å². The number of rotatable bonds is 1. The summed E-state index contributed by atoms with van der Waals surface area (Å²) in [6.45, 7) is 8.90. The van der Waals surface area contributed by atoms with Crippen LogP contribution in [0.2, 0.25) is 0 Å². The van der Waals surface area contributed by atoms with Crippen LogP contribution in [0.3, 0.4) is 0 Å². The van der Waals surface area contributed by atoms with Crippen LogP contribution in [0, 0.1) is 11.3 Å². The summed E-state index contributed by atoms with van der Waals surface area (Å²) in [7, 11) is 0. The van der Waals surface area contributed by atoms with E-state index in [1.54, 1.807) is 6.07 Å². The highest BCUT2D eigenvalue weighted by atomic mass is 16.2. The van der Waals surface area contributed by atoms with Crippen LogP contribution in [0.5, 0.6) is 0 Å². The first kappa shape index (κ1) is 13.2. The fourth-order valence-corrected chi connectivity index (χ4v) is 3.03. The van der Waals surface area contributed by atoms with Crippen LogP contribution in [-0.2, 0) is 4.79 Å². The summed E-state index contributed by atoms with van der Waals surface area (Å²) in [6.07, 6.45) is 1.19. The first-order valence-electron chi connectivity index (χ1n) is 7.11. The average molecular weight is 272 g/mol. The molecule has 0 spiro atoms. The fraction of sp³-hybridized carbons (Fsp3) is 0.500. The van der Waals surface area contributed by atoms with Crippen LogP contribution in [0.15, 0.2) is 18.2 Å². The number of carbonyl (C=O) groups excluding carboxylic acids is 2. The van der Waals surface area contributed by atoms with Crippen molar-refractivity contribution < 1.29 is 9.59 Å². The van der Waals surface area contributed by atoms with Crippen molar-refractivity contribution in [1.29, 1.82) is 0 Å². The van der Waals surface area contributed by atoms with Crippen molar-refractivity contribution in [3.8, 4) is 0 Å². The van der Waals surface area contributed by atoms with E-state index in [0.29, 0.717) is 22.6 Å². The van der Waals surface area contributed by atoms with Gasteiger partial charge in [0, 0.05) is 18.8 Å². The van der Waals surface area contributed by atoms with Gasteiger partial charge < -0.3 is 10.2 Å². The van der Waals surface area contributed by atoms with Crippen molar-refractivity contribution in [1.82, 2.24) is 0 Å². The quantitative estimate of drug-likeness (QED) is 0.800. The maximum atomic E-state index is 11.6. The first-order valence-corrected chi connectivity index (χ1v) is 7.11. The van der Waals surface area contributed by atoms with Gasteiger partial charge in [0.15, 0.2) is 0 Å². The molecule has 1 aromatic carbocycles. The number of hydrogen-bond donors (Lipinski definition) is 1. The van der Waals surface area contributed by atoms with Gasteiger partial charge in [0.2, 0.25) is 0 Å². The Labute approximate surface area is 119 Å². The van der Waals surface area contributed by atoms with E-state index >= 15 is 0 Å². The molecule has 0 radical (unpaired) electrons. The summed E-state index contributed by atoms with van der Waals surface area (Å²) in [5, 5.41) is 2.64. The topological polar surface area (TPSA) is 49.4 Å². The number of fused-ring (bicyclic) bond motifs is 1. The summed E-state index contributed by atoms with van der Waals surface area (Å²) in [5.74, 6) is -0.279. The predicted molar refractivity (Wildman–Crippen MR) is 79.2 cm³/mol. The number of hydrogen-bond acceptors (Lipinski definition) is 3. The molecule has 1 atom stereocenters. The number of nitrogens with zero attached hydrogens (tertiary/aromatic N) is 1. The second kappa shape index (κ2) is 4.33. The van der Waals surface area contributed by atoms with Gasteiger partial charge in [0.05, 0.1) is 11.3 Å². The summed E-state index contributed by atoms with van der Waals surface area (Å²) >= 11 is 0. The standard InChI is InChI=1S/C16H20N2O2/c1-16(2,3)10-6-7-18(9-10)11-4-5-12-13(8-11)17-15(20)14(12)19/h4-5,8,10H,6-7,9H2,1-3H3,(H,17,19,20). The molecular formula is C16H20N2O2. The van der Waals surface area contributed by atoms with Crippen LogP contribution < -0.4 is 10.2 Å². The monoisotopic (exact) mass is 272 g/mol. The maximum absolute atomic E-state index is 11.6. The molecule has 3 rings (SSSR count). The van der Waals surface area contributed by atoms with Gasteiger partial charge in [-0.15, -0.1) is 0 Å². The van der Waals surface area contributed by atoms with E-state index in [2.05, 4.69) is 31.0 Å². The van der Waals surface area contributed by atoms with E-state index in [1.807, 2.05) is 12.1 Å². The van der Waals surface area contributed by atoms with Gasteiger partial charge in [0.1, 0.15) is 0 Å². The molecule has 1 amide bonds. The molecule has 1 unspecified atom stereocenters. The normalized spacial score (nSPS) is 22.1. The number of Topliss-reactive ketones (excluding diaryl/α,β-unsaturated/α-hetero) is 1.